The molecule has 0 aromatic heterocycles. The first-order valence-electron chi connectivity index (χ1n) is 5.78. The normalized spacial score (nSPS) is 12.1. The van der Waals surface area contributed by atoms with Crippen LogP contribution >= 0.6 is 24.4 Å². The molecule has 0 saturated heterocycles. The number of hydrogen-bond donors (Lipinski definition) is 1. The maximum Gasteiger partial charge on any atom is 0.00723 e. The van der Waals surface area contributed by atoms with Gasteiger partial charge >= 0.3 is 0 Å². The predicted octanol–water partition coefficient (Wildman–Crippen LogP) is 4.86. The third kappa shape index (κ3) is 4.42. The fourth-order valence-corrected chi connectivity index (χ4v) is 2.52. The van der Waals surface area contributed by atoms with Crippen LogP contribution in [0.3, 0.4) is 0 Å². The average Bonchev–Trinajstić information content (AvgIpc) is 2.27. The molecule has 0 aliphatic rings. The van der Waals surface area contributed by atoms with Crippen LogP contribution in [0.4, 0.5) is 0 Å². The fraction of sp³-hybridized carbons (Fsp3) is 0.571. The Morgan fingerprint density at radius 3 is 2.19 bits per heavy atom. The molecule has 0 fully saturated rings. The Hall–Kier alpha value is -0.0800. The Kier molecular flexibility index (Phi) is 5.26. The van der Waals surface area contributed by atoms with E-state index in [1.165, 1.54) is 10.5 Å². The zero-order valence-corrected chi connectivity index (χ0v) is 12.4. The van der Waals surface area contributed by atoms with Gasteiger partial charge in [-0.2, -0.15) is 12.6 Å². The molecule has 0 heterocycles. The molecule has 0 aliphatic carbocycles. The van der Waals surface area contributed by atoms with Gasteiger partial charge in [0.1, 0.15) is 0 Å². The van der Waals surface area contributed by atoms with Crippen molar-refractivity contribution in [2.45, 2.75) is 38.5 Å². The van der Waals surface area contributed by atoms with Gasteiger partial charge in [0.15, 0.2) is 0 Å². The molecule has 16 heavy (non-hydrogen) atoms. The van der Waals surface area contributed by atoms with E-state index in [1.54, 1.807) is 0 Å². The molecule has 0 unspecified atom stereocenters. The molecule has 1 aromatic rings. The third-order valence-corrected chi connectivity index (χ3v) is 4.99. The second-order valence-corrected chi connectivity index (χ2v) is 6.70. The molecule has 1 aromatic carbocycles. The summed E-state index contributed by atoms with van der Waals surface area (Å²) in [5.41, 5.74) is 1.72. The van der Waals surface area contributed by atoms with Crippen LogP contribution in [0.5, 0.6) is 0 Å². The van der Waals surface area contributed by atoms with E-state index in [9.17, 15) is 0 Å². The quantitative estimate of drug-likeness (QED) is 0.578. The number of benzene rings is 1. The minimum absolute atomic E-state index is 0.310. The van der Waals surface area contributed by atoms with Crippen molar-refractivity contribution in [3.63, 3.8) is 0 Å². The molecule has 0 spiro atoms. The van der Waals surface area contributed by atoms with Crippen LogP contribution in [-0.4, -0.2) is 11.5 Å². The molecule has 0 atom stereocenters. The molecule has 1 rings (SSSR count). The molecular weight excluding hydrogens is 232 g/mol. The van der Waals surface area contributed by atoms with E-state index in [2.05, 4.69) is 64.6 Å². The summed E-state index contributed by atoms with van der Waals surface area (Å²) in [5.74, 6) is 2.68. The molecule has 0 N–H and O–H groups in total. The van der Waals surface area contributed by atoms with Crippen molar-refractivity contribution in [1.82, 2.24) is 0 Å². The minimum Gasteiger partial charge on any atom is -0.179 e. The van der Waals surface area contributed by atoms with Gasteiger partial charge in [0.05, 0.1) is 0 Å². The number of hydrogen-bond acceptors (Lipinski definition) is 2. The van der Waals surface area contributed by atoms with Crippen molar-refractivity contribution >= 4 is 24.4 Å². The summed E-state index contributed by atoms with van der Waals surface area (Å²) in [4.78, 5) is 1.36. The Bertz CT molecular complexity index is 312. The van der Waals surface area contributed by atoms with Crippen molar-refractivity contribution < 1.29 is 0 Å². The number of rotatable bonds is 5. The molecule has 0 aliphatic heterocycles. The first-order chi connectivity index (χ1) is 7.44. The van der Waals surface area contributed by atoms with Gasteiger partial charge in [-0.15, -0.1) is 11.8 Å². The topological polar surface area (TPSA) is 0 Å². The van der Waals surface area contributed by atoms with Crippen molar-refractivity contribution in [2.75, 3.05) is 11.5 Å². The Balaban J connectivity index is 2.56. The summed E-state index contributed by atoms with van der Waals surface area (Å²) in [5, 5.41) is 0. The van der Waals surface area contributed by atoms with E-state index in [0.29, 0.717) is 11.3 Å². The van der Waals surface area contributed by atoms with Crippen LogP contribution < -0.4 is 0 Å². The lowest BCUT2D eigenvalue weighted by Crippen LogP contribution is -2.16. The highest BCUT2D eigenvalue weighted by Crippen LogP contribution is 2.29. The number of thioether (sulfide) groups is 1. The zero-order chi connectivity index (χ0) is 12.2. The third-order valence-electron chi connectivity index (χ3n) is 2.60. The van der Waals surface area contributed by atoms with Gasteiger partial charge in [-0.1, -0.05) is 39.8 Å². The summed E-state index contributed by atoms with van der Waals surface area (Å²) < 4.78 is 0. The summed E-state index contributed by atoms with van der Waals surface area (Å²) in [7, 11) is 0. The van der Waals surface area contributed by atoms with Gasteiger partial charge < -0.3 is 0 Å². The van der Waals surface area contributed by atoms with E-state index in [1.807, 2.05) is 11.8 Å². The van der Waals surface area contributed by atoms with Gasteiger partial charge in [-0.05, 0) is 34.8 Å². The van der Waals surface area contributed by atoms with Crippen LogP contribution in [0.2, 0.25) is 0 Å². The summed E-state index contributed by atoms with van der Waals surface area (Å²) in [6, 6.07) is 8.94. The maximum absolute atomic E-state index is 4.38. The first-order valence-corrected chi connectivity index (χ1v) is 7.40. The van der Waals surface area contributed by atoms with Crippen LogP contribution in [0.1, 0.15) is 39.2 Å². The second kappa shape index (κ2) is 6.02. The van der Waals surface area contributed by atoms with Crippen LogP contribution in [0.15, 0.2) is 29.2 Å². The van der Waals surface area contributed by atoms with Crippen molar-refractivity contribution in [2.24, 2.45) is 5.41 Å². The highest BCUT2D eigenvalue weighted by atomic mass is 32.2. The van der Waals surface area contributed by atoms with E-state index >= 15 is 0 Å². The lowest BCUT2D eigenvalue weighted by Gasteiger charge is -2.21. The van der Waals surface area contributed by atoms with Crippen molar-refractivity contribution in [1.29, 1.82) is 0 Å². The molecule has 0 nitrogen and oxygen atoms in total. The minimum atomic E-state index is 0.310. The molecular formula is C14H22S2. The van der Waals surface area contributed by atoms with Crippen LogP contribution in [-0.2, 0) is 0 Å². The Labute approximate surface area is 110 Å². The molecule has 0 radical (unpaired) electrons. The van der Waals surface area contributed by atoms with Gasteiger partial charge in [0, 0.05) is 10.6 Å². The molecule has 0 saturated carbocycles. The lowest BCUT2D eigenvalue weighted by molar-refractivity contribution is 0.494. The van der Waals surface area contributed by atoms with E-state index < -0.39 is 0 Å². The second-order valence-electron chi connectivity index (χ2n) is 5.33. The standard InChI is InChI=1S/C14H22S2/c1-11(2)12-5-7-13(8-6-12)16-10-14(3,4)9-15/h5-8,11,15H,9-10H2,1-4H3. The molecule has 0 bridgehead atoms. The van der Waals surface area contributed by atoms with Gasteiger partial charge in [0.2, 0.25) is 0 Å². The number of thiol groups is 1. The summed E-state index contributed by atoms with van der Waals surface area (Å²) in [6.45, 7) is 8.98. The van der Waals surface area contributed by atoms with Crippen LogP contribution in [0.25, 0.3) is 0 Å². The fourth-order valence-electron chi connectivity index (χ4n) is 1.27. The van der Waals surface area contributed by atoms with Crippen molar-refractivity contribution in [3.05, 3.63) is 29.8 Å². The smallest absolute Gasteiger partial charge is 0.00723 e. The predicted molar refractivity (Wildman–Crippen MR) is 78.9 cm³/mol. The Morgan fingerprint density at radius 1 is 1.19 bits per heavy atom. The van der Waals surface area contributed by atoms with Crippen LogP contribution in [0, 0.1) is 5.41 Å². The molecule has 0 amide bonds. The zero-order valence-electron chi connectivity index (χ0n) is 10.7. The molecule has 2 heteroatoms. The Morgan fingerprint density at radius 2 is 1.75 bits per heavy atom. The highest BCUT2D eigenvalue weighted by Gasteiger charge is 2.15. The van der Waals surface area contributed by atoms with Gasteiger partial charge in [-0.3, -0.25) is 0 Å². The summed E-state index contributed by atoms with van der Waals surface area (Å²) >= 11 is 6.30. The van der Waals surface area contributed by atoms with E-state index in [-0.39, 0.29) is 0 Å². The average molecular weight is 254 g/mol. The summed E-state index contributed by atoms with van der Waals surface area (Å²) in [6.07, 6.45) is 0. The highest BCUT2D eigenvalue weighted by molar-refractivity contribution is 7.99. The SMILES string of the molecule is CC(C)c1ccc(SCC(C)(C)CS)cc1. The van der Waals surface area contributed by atoms with Gasteiger partial charge in [0.25, 0.3) is 0 Å². The van der Waals surface area contributed by atoms with Crippen molar-refractivity contribution in [3.8, 4) is 0 Å². The monoisotopic (exact) mass is 254 g/mol. The molecule has 90 valence electrons. The lowest BCUT2D eigenvalue weighted by atomic mass is 10.0. The maximum atomic E-state index is 4.38. The largest absolute Gasteiger partial charge is 0.179 e. The first kappa shape index (κ1) is 14.0. The van der Waals surface area contributed by atoms with Gasteiger partial charge in [-0.25, -0.2) is 0 Å². The van der Waals surface area contributed by atoms with E-state index in [0.717, 1.165) is 11.5 Å². The van der Waals surface area contributed by atoms with E-state index in [4.69, 9.17) is 0 Å².